The van der Waals surface area contributed by atoms with E-state index in [1.54, 1.807) is 33.9 Å². The van der Waals surface area contributed by atoms with Gasteiger partial charge in [0, 0.05) is 13.2 Å². The van der Waals surface area contributed by atoms with Crippen LogP contribution in [0.3, 0.4) is 0 Å². The topological polar surface area (TPSA) is 77.6 Å². The Morgan fingerprint density at radius 3 is 2.78 bits per heavy atom. The number of rotatable bonds is 4. The Balaban J connectivity index is 1.77. The van der Waals surface area contributed by atoms with Crippen molar-refractivity contribution in [2.45, 2.75) is 13.0 Å². The van der Waals surface area contributed by atoms with Gasteiger partial charge in [0.25, 0.3) is 5.91 Å². The summed E-state index contributed by atoms with van der Waals surface area (Å²) in [6.45, 7) is 1.84. The van der Waals surface area contributed by atoms with E-state index >= 15 is 0 Å². The Morgan fingerprint density at radius 1 is 1.30 bits per heavy atom. The number of nitrogens with zero attached hydrogens (tertiary/aromatic N) is 5. The summed E-state index contributed by atoms with van der Waals surface area (Å²) in [5.74, 6) is 0.384. The lowest BCUT2D eigenvalue weighted by atomic mass is 10.3. The van der Waals surface area contributed by atoms with Gasteiger partial charge in [-0.1, -0.05) is 23.7 Å². The molecular weight excluding hydrogens is 316 g/mol. The van der Waals surface area contributed by atoms with Crippen molar-refractivity contribution < 1.29 is 4.79 Å². The summed E-state index contributed by atoms with van der Waals surface area (Å²) in [6.07, 6.45) is 3.28. The lowest BCUT2D eigenvalue weighted by Crippen LogP contribution is -2.28. The van der Waals surface area contributed by atoms with Gasteiger partial charge < -0.3 is 9.88 Å². The molecule has 0 spiro atoms. The monoisotopic (exact) mass is 330 g/mol. The number of hydrogen-bond acceptors (Lipinski definition) is 4. The van der Waals surface area contributed by atoms with Gasteiger partial charge in [-0.05, 0) is 25.1 Å². The normalized spacial score (nSPS) is 12.1. The SMILES string of the molecule is C[C@H](NC(=O)c1ccn(-c2ccccc2Cl)n1)c1nncn1C. The van der Waals surface area contributed by atoms with Crippen LogP contribution < -0.4 is 5.32 Å². The molecule has 118 valence electrons. The maximum atomic E-state index is 12.3. The molecule has 0 unspecified atom stereocenters. The van der Waals surface area contributed by atoms with Gasteiger partial charge in [0.15, 0.2) is 11.5 Å². The molecule has 0 bridgehead atoms. The van der Waals surface area contributed by atoms with E-state index < -0.39 is 0 Å². The van der Waals surface area contributed by atoms with E-state index in [1.165, 1.54) is 0 Å². The molecule has 2 heterocycles. The molecule has 3 rings (SSSR count). The van der Waals surface area contributed by atoms with E-state index in [9.17, 15) is 4.79 Å². The maximum absolute atomic E-state index is 12.3. The van der Waals surface area contributed by atoms with Crippen LogP contribution in [0.1, 0.15) is 29.3 Å². The van der Waals surface area contributed by atoms with E-state index in [-0.39, 0.29) is 11.9 Å². The van der Waals surface area contributed by atoms with E-state index in [0.29, 0.717) is 16.5 Å². The van der Waals surface area contributed by atoms with Crippen LogP contribution in [-0.2, 0) is 7.05 Å². The molecule has 2 aromatic heterocycles. The van der Waals surface area contributed by atoms with Gasteiger partial charge in [-0.3, -0.25) is 4.79 Å². The van der Waals surface area contributed by atoms with E-state index in [1.807, 2.05) is 32.2 Å². The minimum Gasteiger partial charge on any atom is -0.341 e. The molecule has 0 saturated heterocycles. The van der Waals surface area contributed by atoms with Crippen LogP contribution in [0.2, 0.25) is 5.02 Å². The highest BCUT2D eigenvalue weighted by Gasteiger charge is 2.17. The fraction of sp³-hybridized carbons (Fsp3) is 0.200. The summed E-state index contributed by atoms with van der Waals surface area (Å²) in [7, 11) is 1.82. The summed E-state index contributed by atoms with van der Waals surface area (Å²) in [5.41, 5.74) is 1.02. The van der Waals surface area contributed by atoms with Crippen molar-refractivity contribution >= 4 is 17.5 Å². The highest BCUT2D eigenvalue weighted by Crippen LogP contribution is 2.19. The van der Waals surface area contributed by atoms with Crippen molar-refractivity contribution in [3.8, 4) is 5.69 Å². The van der Waals surface area contributed by atoms with E-state index in [2.05, 4.69) is 20.6 Å². The third kappa shape index (κ3) is 3.09. The molecule has 0 fully saturated rings. The average molecular weight is 331 g/mol. The first-order chi connectivity index (χ1) is 11.1. The number of halogens is 1. The van der Waals surface area contributed by atoms with Crippen LogP contribution in [0, 0.1) is 0 Å². The number of para-hydroxylation sites is 1. The van der Waals surface area contributed by atoms with Crippen LogP contribution in [0.15, 0.2) is 42.9 Å². The molecule has 1 atom stereocenters. The van der Waals surface area contributed by atoms with Crippen molar-refractivity contribution in [3.63, 3.8) is 0 Å². The van der Waals surface area contributed by atoms with Crippen LogP contribution in [0.25, 0.3) is 5.69 Å². The van der Waals surface area contributed by atoms with Crippen molar-refractivity contribution in [2.75, 3.05) is 0 Å². The molecule has 0 radical (unpaired) electrons. The van der Waals surface area contributed by atoms with Gasteiger partial charge in [0.1, 0.15) is 6.33 Å². The van der Waals surface area contributed by atoms with Gasteiger partial charge in [-0.2, -0.15) is 5.10 Å². The highest BCUT2D eigenvalue weighted by atomic mass is 35.5. The van der Waals surface area contributed by atoms with Crippen LogP contribution in [0.4, 0.5) is 0 Å². The van der Waals surface area contributed by atoms with Crippen molar-refractivity contribution in [3.05, 3.63) is 59.4 Å². The van der Waals surface area contributed by atoms with Gasteiger partial charge >= 0.3 is 0 Å². The van der Waals surface area contributed by atoms with Crippen molar-refractivity contribution in [1.82, 2.24) is 29.9 Å². The van der Waals surface area contributed by atoms with E-state index in [0.717, 1.165) is 5.69 Å². The summed E-state index contributed by atoms with van der Waals surface area (Å²) in [6, 6.07) is 8.67. The van der Waals surface area contributed by atoms with Gasteiger partial charge in [-0.15, -0.1) is 10.2 Å². The van der Waals surface area contributed by atoms with Gasteiger partial charge in [-0.25, -0.2) is 4.68 Å². The Bertz CT molecular complexity index is 840. The zero-order chi connectivity index (χ0) is 16.4. The molecule has 23 heavy (non-hydrogen) atoms. The first kappa shape index (κ1) is 15.2. The number of hydrogen-bond donors (Lipinski definition) is 1. The summed E-state index contributed by atoms with van der Waals surface area (Å²) in [5, 5.41) is 15.5. The first-order valence-corrected chi connectivity index (χ1v) is 7.39. The molecule has 0 aliphatic rings. The zero-order valence-electron chi connectivity index (χ0n) is 12.6. The number of carbonyl (C=O) groups is 1. The first-order valence-electron chi connectivity index (χ1n) is 7.01. The molecule has 3 aromatic rings. The van der Waals surface area contributed by atoms with Gasteiger partial charge in [0.2, 0.25) is 0 Å². The highest BCUT2D eigenvalue weighted by molar-refractivity contribution is 6.32. The Hall–Kier alpha value is -2.67. The second-order valence-electron chi connectivity index (χ2n) is 5.09. The summed E-state index contributed by atoms with van der Waals surface area (Å²) < 4.78 is 3.33. The lowest BCUT2D eigenvalue weighted by molar-refractivity contribution is 0.0932. The largest absolute Gasteiger partial charge is 0.341 e. The predicted octanol–water partition coefficient (Wildman–Crippen LogP) is 2.15. The summed E-state index contributed by atoms with van der Waals surface area (Å²) in [4.78, 5) is 12.3. The quantitative estimate of drug-likeness (QED) is 0.795. The molecule has 0 aliphatic heterocycles. The van der Waals surface area contributed by atoms with Crippen molar-refractivity contribution in [1.29, 1.82) is 0 Å². The second kappa shape index (κ2) is 6.21. The number of benzene rings is 1. The average Bonchev–Trinajstić information content (AvgIpc) is 3.16. The molecule has 8 heteroatoms. The number of amides is 1. The molecule has 1 aromatic carbocycles. The fourth-order valence-electron chi connectivity index (χ4n) is 2.24. The Morgan fingerprint density at radius 2 is 2.09 bits per heavy atom. The summed E-state index contributed by atoms with van der Waals surface area (Å²) >= 11 is 6.14. The molecule has 7 nitrogen and oxygen atoms in total. The third-order valence-corrected chi connectivity index (χ3v) is 3.72. The van der Waals surface area contributed by atoms with Crippen LogP contribution >= 0.6 is 11.6 Å². The van der Waals surface area contributed by atoms with E-state index in [4.69, 9.17) is 11.6 Å². The standard InChI is InChI=1S/C15H15ClN6O/c1-10(14-19-17-9-21(14)2)18-15(23)12-7-8-22(20-12)13-6-4-3-5-11(13)16/h3-10H,1-2H3,(H,18,23)/t10-/m0/s1. The minimum atomic E-state index is -0.286. The Labute approximate surface area is 137 Å². The predicted molar refractivity (Wildman–Crippen MR) is 85.5 cm³/mol. The zero-order valence-corrected chi connectivity index (χ0v) is 13.4. The smallest absolute Gasteiger partial charge is 0.272 e. The second-order valence-corrected chi connectivity index (χ2v) is 5.50. The molecule has 1 N–H and O–H groups in total. The lowest BCUT2D eigenvalue weighted by Gasteiger charge is -2.11. The van der Waals surface area contributed by atoms with Crippen LogP contribution in [0.5, 0.6) is 0 Å². The molecular formula is C15H15ClN6O. The fourth-order valence-corrected chi connectivity index (χ4v) is 2.46. The van der Waals surface area contributed by atoms with Crippen molar-refractivity contribution in [2.24, 2.45) is 7.05 Å². The number of aromatic nitrogens is 5. The maximum Gasteiger partial charge on any atom is 0.272 e. The molecule has 0 saturated carbocycles. The number of carbonyl (C=O) groups excluding carboxylic acids is 1. The number of nitrogens with one attached hydrogen (secondary N) is 1. The molecule has 1 amide bonds. The molecule has 0 aliphatic carbocycles. The Kier molecular flexibility index (Phi) is 4.12. The van der Waals surface area contributed by atoms with Gasteiger partial charge in [0.05, 0.1) is 16.8 Å². The third-order valence-electron chi connectivity index (χ3n) is 3.40. The van der Waals surface area contributed by atoms with Crippen LogP contribution in [-0.4, -0.2) is 30.5 Å². The minimum absolute atomic E-state index is 0.277. The number of aryl methyl sites for hydroxylation is 1.